The van der Waals surface area contributed by atoms with Crippen molar-refractivity contribution in [1.82, 2.24) is 19.7 Å². The first kappa shape index (κ1) is 10.9. The van der Waals surface area contributed by atoms with Gasteiger partial charge in [-0.3, -0.25) is 0 Å². The minimum Gasteiger partial charge on any atom is -0.356 e. The van der Waals surface area contributed by atoms with Crippen molar-refractivity contribution in [1.29, 1.82) is 0 Å². The molecule has 0 aliphatic carbocycles. The molecule has 0 amide bonds. The largest absolute Gasteiger partial charge is 0.356 e. The maximum atomic E-state index is 5.83. The highest BCUT2D eigenvalue weighted by molar-refractivity contribution is 6.28. The second-order valence-electron chi connectivity index (χ2n) is 4.22. The lowest BCUT2D eigenvalue weighted by Crippen LogP contribution is -2.19. The highest BCUT2D eigenvalue weighted by atomic mass is 35.5. The Morgan fingerprint density at radius 3 is 3.06 bits per heavy atom. The van der Waals surface area contributed by atoms with E-state index in [1.54, 1.807) is 6.20 Å². The Bertz CT molecular complexity index is 548. The number of aromatic nitrogens is 4. The van der Waals surface area contributed by atoms with Crippen LogP contribution in [-0.2, 0) is 4.74 Å². The smallest absolute Gasteiger partial charge is 0.223 e. The van der Waals surface area contributed by atoms with Gasteiger partial charge in [0.1, 0.15) is 11.0 Å². The zero-order valence-corrected chi connectivity index (χ0v) is 10.3. The van der Waals surface area contributed by atoms with E-state index < -0.39 is 0 Å². The molecular formula is C11H13ClN4O. The Kier molecular flexibility index (Phi) is 2.72. The van der Waals surface area contributed by atoms with Crippen molar-refractivity contribution in [2.75, 3.05) is 6.61 Å². The van der Waals surface area contributed by atoms with E-state index in [4.69, 9.17) is 16.3 Å². The van der Waals surface area contributed by atoms with Crippen LogP contribution in [0.3, 0.4) is 0 Å². The van der Waals surface area contributed by atoms with E-state index in [2.05, 4.69) is 15.1 Å². The molecular weight excluding hydrogens is 240 g/mol. The van der Waals surface area contributed by atoms with Gasteiger partial charge >= 0.3 is 0 Å². The van der Waals surface area contributed by atoms with E-state index in [1.165, 1.54) is 6.42 Å². The van der Waals surface area contributed by atoms with Crippen molar-refractivity contribution in [3.8, 4) is 0 Å². The zero-order chi connectivity index (χ0) is 11.8. The van der Waals surface area contributed by atoms with Crippen LogP contribution in [-0.4, -0.2) is 26.4 Å². The van der Waals surface area contributed by atoms with Crippen LogP contribution in [0.5, 0.6) is 0 Å². The molecule has 3 rings (SSSR count). The first-order valence-electron chi connectivity index (χ1n) is 5.74. The topological polar surface area (TPSA) is 52.8 Å². The molecule has 2 aromatic rings. The summed E-state index contributed by atoms with van der Waals surface area (Å²) in [5.41, 5.74) is 2.53. The standard InChI is InChI=1S/C11H13ClN4O/c1-7-10-8(15-11(12)14-7)6-13-16(10)9-4-2-3-5-17-9/h6,9H,2-5H2,1H3. The molecule has 0 bridgehead atoms. The van der Waals surface area contributed by atoms with E-state index in [1.807, 2.05) is 11.6 Å². The number of ether oxygens (including phenoxy) is 1. The third-order valence-corrected chi connectivity index (χ3v) is 3.19. The summed E-state index contributed by atoms with van der Waals surface area (Å²) in [4.78, 5) is 8.33. The Balaban J connectivity index is 2.10. The van der Waals surface area contributed by atoms with Crippen molar-refractivity contribution >= 4 is 22.6 Å². The summed E-state index contributed by atoms with van der Waals surface area (Å²) in [6.45, 7) is 2.70. The van der Waals surface area contributed by atoms with Gasteiger partial charge in [0.25, 0.3) is 0 Å². The summed E-state index contributed by atoms with van der Waals surface area (Å²) < 4.78 is 7.60. The number of rotatable bonds is 1. The second-order valence-corrected chi connectivity index (χ2v) is 4.56. The fraction of sp³-hybridized carbons (Fsp3) is 0.545. The van der Waals surface area contributed by atoms with Gasteiger partial charge < -0.3 is 4.74 Å². The normalized spacial score (nSPS) is 20.9. The number of hydrogen-bond donors (Lipinski definition) is 0. The van der Waals surface area contributed by atoms with Crippen LogP contribution in [0.25, 0.3) is 11.0 Å². The zero-order valence-electron chi connectivity index (χ0n) is 9.56. The third-order valence-electron chi connectivity index (χ3n) is 3.02. The quantitative estimate of drug-likeness (QED) is 0.732. The van der Waals surface area contributed by atoms with Gasteiger partial charge in [-0.15, -0.1) is 0 Å². The summed E-state index contributed by atoms with van der Waals surface area (Å²) in [7, 11) is 0. The van der Waals surface area contributed by atoms with E-state index in [-0.39, 0.29) is 11.5 Å². The molecule has 0 saturated carbocycles. The van der Waals surface area contributed by atoms with E-state index in [0.717, 1.165) is 36.2 Å². The Hall–Kier alpha value is -1.20. The summed E-state index contributed by atoms with van der Waals surface area (Å²) in [6.07, 6.45) is 4.99. The van der Waals surface area contributed by atoms with Gasteiger partial charge in [0.05, 0.1) is 11.9 Å². The number of halogens is 1. The van der Waals surface area contributed by atoms with Gasteiger partial charge in [-0.25, -0.2) is 14.6 Å². The number of fused-ring (bicyclic) bond motifs is 1. The van der Waals surface area contributed by atoms with Gasteiger partial charge in [0, 0.05) is 6.61 Å². The molecule has 5 nitrogen and oxygen atoms in total. The van der Waals surface area contributed by atoms with Crippen LogP contribution >= 0.6 is 11.6 Å². The monoisotopic (exact) mass is 252 g/mol. The first-order chi connectivity index (χ1) is 8.25. The molecule has 1 aliphatic heterocycles. The SMILES string of the molecule is Cc1nc(Cl)nc2cnn(C3CCCCO3)c12. The molecule has 1 fully saturated rings. The highest BCUT2D eigenvalue weighted by Gasteiger charge is 2.20. The molecule has 6 heteroatoms. The predicted molar refractivity (Wildman–Crippen MR) is 63.9 cm³/mol. The fourth-order valence-corrected chi connectivity index (χ4v) is 2.45. The lowest BCUT2D eigenvalue weighted by atomic mass is 10.2. The predicted octanol–water partition coefficient (Wildman–Crippen LogP) is 2.49. The van der Waals surface area contributed by atoms with Gasteiger partial charge in [0.15, 0.2) is 6.23 Å². The van der Waals surface area contributed by atoms with Crippen molar-refractivity contribution in [3.63, 3.8) is 0 Å². The molecule has 0 spiro atoms. The molecule has 2 aromatic heterocycles. The van der Waals surface area contributed by atoms with E-state index in [0.29, 0.717) is 0 Å². The minimum atomic E-state index is 0.00438. The summed E-state index contributed by atoms with van der Waals surface area (Å²) >= 11 is 5.83. The minimum absolute atomic E-state index is 0.00438. The van der Waals surface area contributed by atoms with Crippen molar-refractivity contribution in [2.24, 2.45) is 0 Å². The summed E-state index contributed by atoms with van der Waals surface area (Å²) in [5, 5.41) is 4.61. The average molecular weight is 253 g/mol. The van der Waals surface area contributed by atoms with Crippen LogP contribution < -0.4 is 0 Å². The summed E-state index contributed by atoms with van der Waals surface area (Å²) in [5.74, 6) is 0. The Morgan fingerprint density at radius 2 is 2.29 bits per heavy atom. The van der Waals surface area contributed by atoms with Crippen molar-refractivity contribution in [2.45, 2.75) is 32.4 Å². The Labute approximate surface area is 104 Å². The van der Waals surface area contributed by atoms with Crippen molar-refractivity contribution in [3.05, 3.63) is 17.2 Å². The van der Waals surface area contributed by atoms with Gasteiger partial charge in [-0.2, -0.15) is 5.10 Å². The summed E-state index contributed by atoms with van der Waals surface area (Å²) in [6, 6.07) is 0. The molecule has 0 aromatic carbocycles. The van der Waals surface area contributed by atoms with Crippen LogP contribution in [0.1, 0.15) is 31.2 Å². The number of hydrogen-bond acceptors (Lipinski definition) is 4. The molecule has 1 unspecified atom stereocenters. The lowest BCUT2D eigenvalue weighted by molar-refractivity contribution is -0.0367. The van der Waals surface area contributed by atoms with Crippen LogP contribution in [0.2, 0.25) is 5.28 Å². The lowest BCUT2D eigenvalue weighted by Gasteiger charge is -2.23. The number of nitrogens with zero attached hydrogens (tertiary/aromatic N) is 4. The average Bonchev–Trinajstić information content (AvgIpc) is 2.74. The van der Waals surface area contributed by atoms with E-state index in [9.17, 15) is 0 Å². The maximum Gasteiger partial charge on any atom is 0.223 e. The van der Waals surface area contributed by atoms with Crippen LogP contribution in [0.4, 0.5) is 0 Å². The fourth-order valence-electron chi connectivity index (χ4n) is 2.24. The molecule has 0 N–H and O–H groups in total. The maximum absolute atomic E-state index is 5.83. The van der Waals surface area contributed by atoms with Crippen LogP contribution in [0.15, 0.2) is 6.20 Å². The molecule has 1 atom stereocenters. The first-order valence-corrected chi connectivity index (χ1v) is 6.12. The van der Waals surface area contributed by atoms with Crippen molar-refractivity contribution < 1.29 is 4.74 Å². The van der Waals surface area contributed by atoms with Crippen LogP contribution in [0, 0.1) is 6.92 Å². The van der Waals surface area contributed by atoms with Gasteiger partial charge in [-0.1, -0.05) is 0 Å². The molecule has 1 saturated heterocycles. The molecule has 3 heterocycles. The van der Waals surface area contributed by atoms with Gasteiger partial charge in [0.2, 0.25) is 5.28 Å². The molecule has 17 heavy (non-hydrogen) atoms. The Morgan fingerprint density at radius 1 is 1.41 bits per heavy atom. The highest BCUT2D eigenvalue weighted by Crippen LogP contribution is 2.26. The van der Waals surface area contributed by atoms with E-state index >= 15 is 0 Å². The third kappa shape index (κ3) is 1.89. The molecule has 90 valence electrons. The molecule has 0 radical (unpaired) electrons. The molecule has 1 aliphatic rings. The number of aryl methyl sites for hydroxylation is 1. The second kappa shape index (κ2) is 4.23. The van der Waals surface area contributed by atoms with Gasteiger partial charge in [-0.05, 0) is 37.8 Å².